The fourth-order valence-electron chi connectivity index (χ4n) is 2.28. The normalized spacial score (nSPS) is 17.5. The highest BCUT2D eigenvalue weighted by Gasteiger charge is 2.24. The molecule has 1 atom stereocenters. The fourth-order valence-corrected chi connectivity index (χ4v) is 2.90. The molecule has 0 aromatic heterocycles. The Morgan fingerprint density at radius 2 is 1.76 bits per heavy atom. The largest absolute Gasteiger partial charge is 0.506 e. The summed E-state index contributed by atoms with van der Waals surface area (Å²) in [4.78, 5) is 0. The van der Waals surface area contributed by atoms with Crippen molar-refractivity contribution in [3.63, 3.8) is 0 Å². The van der Waals surface area contributed by atoms with Gasteiger partial charge in [-0.3, -0.25) is 0 Å². The summed E-state index contributed by atoms with van der Waals surface area (Å²) in [6.07, 6.45) is 0.631. The van der Waals surface area contributed by atoms with Gasteiger partial charge in [0.1, 0.15) is 5.75 Å². The van der Waals surface area contributed by atoms with Crippen LogP contribution in [0.5, 0.6) is 5.75 Å². The number of nitrogens with zero attached hydrogens (tertiary/aromatic N) is 1. The Labute approximate surface area is 137 Å². The molecular formula is C15H11Cl3N2O. The average Bonchev–Trinajstić information content (AvgIpc) is 2.93. The predicted molar refractivity (Wildman–Crippen MR) is 86.6 cm³/mol. The van der Waals surface area contributed by atoms with Gasteiger partial charge in [0, 0.05) is 22.0 Å². The summed E-state index contributed by atoms with van der Waals surface area (Å²) in [5, 5.41) is 15.7. The van der Waals surface area contributed by atoms with Crippen LogP contribution in [0.3, 0.4) is 0 Å². The van der Waals surface area contributed by atoms with Crippen LogP contribution in [0.15, 0.2) is 41.5 Å². The number of phenols is 1. The van der Waals surface area contributed by atoms with E-state index in [1.807, 2.05) is 24.3 Å². The summed E-state index contributed by atoms with van der Waals surface area (Å²) in [5.74, 6) is -0.00151. The molecule has 0 radical (unpaired) electrons. The van der Waals surface area contributed by atoms with Crippen molar-refractivity contribution in [3.05, 3.63) is 62.6 Å². The van der Waals surface area contributed by atoms with Crippen molar-refractivity contribution < 1.29 is 5.11 Å². The molecule has 0 fully saturated rings. The summed E-state index contributed by atoms with van der Waals surface area (Å²) in [6, 6.07) is 10.8. The van der Waals surface area contributed by atoms with Gasteiger partial charge in [-0.05, 0) is 29.8 Å². The maximum atomic E-state index is 10.1. The van der Waals surface area contributed by atoms with Gasteiger partial charge in [-0.25, -0.2) is 0 Å². The van der Waals surface area contributed by atoms with Crippen LogP contribution in [0.25, 0.3) is 0 Å². The first-order valence-corrected chi connectivity index (χ1v) is 7.44. The molecule has 2 N–H and O–H groups in total. The van der Waals surface area contributed by atoms with Gasteiger partial charge < -0.3 is 10.5 Å². The lowest BCUT2D eigenvalue weighted by molar-refractivity contribution is 0.474. The van der Waals surface area contributed by atoms with Crippen LogP contribution in [0, 0.1) is 0 Å². The Hall–Kier alpha value is -1.42. The van der Waals surface area contributed by atoms with E-state index in [0.29, 0.717) is 22.0 Å². The minimum absolute atomic E-state index is 0.00151. The molecule has 21 heavy (non-hydrogen) atoms. The number of aromatic hydroxyl groups is 1. The lowest BCUT2D eigenvalue weighted by Crippen LogP contribution is -2.09. The van der Waals surface area contributed by atoms with Crippen molar-refractivity contribution in [2.24, 2.45) is 5.10 Å². The SMILES string of the molecule is Oc1c(Cl)cc(Cl)cc1C1=NNC(c2ccc(Cl)cc2)C1. The van der Waals surface area contributed by atoms with Crippen LogP contribution in [-0.4, -0.2) is 10.8 Å². The van der Waals surface area contributed by atoms with E-state index in [4.69, 9.17) is 34.8 Å². The molecule has 0 saturated carbocycles. The van der Waals surface area contributed by atoms with Gasteiger partial charge in [-0.1, -0.05) is 46.9 Å². The molecule has 0 spiro atoms. The first-order chi connectivity index (χ1) is 10.0. The van der Waals surface area contributed by atoms with Crippen molar-refractivity contribution in [2.75, 3.05) is 0 Å². The van der Waals surface area contributed by atoms with E-state index < -0.39 is 0 Å². The maximum absolute atomic E-state index is 10.1. The second-order valence-electron chi connectivity index (χ2n) is 4.78. The van der Waals surface area contributed by atoms with E-state index in [0.717, 1.165) is 11.3 Å². The molecule has 0 amide bonds. The second-order valence-corrected chi connectivity index (χ2v) is 6.06. The summed E-state index contributed by atoms with van der Waals surface area (Å²) < 4.78 is 0. The number of nitrogens with one attached hydrogen (secondary N) is 1. The average molecular weight is 342 g/mol. The van der Waals surface area contributed by atoms with Gasteiger partial charge in [0.2, 0.25) is 0 Å². The van der Waals surface area contributed by atoms with E-state index >= 15 is 0 Å². The van der Waals surface area contributed by atoms with Crippen LogP contribution < -0.4 is 5.43 Å². The maximum Gasteiger partial charge on any atom is 0.143 e. The van der Waals surface area contributed by atoms with Crippen molar-refractivity contribution in [2.45, 2.75) is 12.5 Å². The molecule has 1 heterocycles. The number of hydrogen-bond acceptors (Lipinski definition) is 3. The van der Waals surface area contributed by atoms with Crippen LogP contribution >= 0.6 is 34.8 Å². The lowest BCUT2D eigenvalue weighted by atomic mass is 9.99. The molecule has 0 aliphatic carbocycles. The second kappa shape index (κ2) is 5.76. The molecule has 1 aliphatic rings. The van der Waals surface area contributed by atoms with E-state index in [1.54, 1.807) is 6.07 Å². The molecule has 108 valence electrons. The van der Waals surface area contributed by atoms with Gasteiger partial charge in [0.05, 0.1) is 16.8 Å². The number of phenolic OH excluding ortho intramolecular Hbond substituents is 1. The Balaban J connectivity index is 1.85. The minimum atomic E-state index is -0.00151. The number of hydrazone groups is 1. The topological polar surface area (TPSA) is 44.6 Å². The van der Waals surface area contributed by atoms with E-state index in [-0.39, 0.29) is 16.8 Å². The molecule has 0 bridgehead atoms. The summed E-state index contributed by atoms with van der Waals surface area (Å²) >= 11 is 17.8. The fraction of sp³-hybridized carbons (Fsp3) is 0.133. The molecule has 3 nitrogen and oxygen atoms in total. The van der Waals surface area contributed by atoms with E-state index in [9.17, 15) is 5.11 Å². The van der Waals surface area contributed by atoms with E-state index in [1.165, 1.54) is 6.07 Å². The van der Waals surface area contributed by atoms with Crippen LogP contribution in [-0.2, 0) is 0 Å². The van der Waals surface area contributed by atoms with Gasteiger partial charge in [0.15, 0.2) is 0 Å². The first kappa shape index (κ1) is 14.5. The molecular weight excluding hydrogens is 331 g/mol. The van der Waals surface area contributed by atoms with Crippen LogP contribution in [0.2, 0.25) is 15.1 Å². The highest BCUT2D eigenvalue weighted by Crippen LogP contribution is 2.35. The Kier molecular flexibility index (Phi) is 3.98. The molecule has 2 aromatic carbocycles. The highest BCUT2D eigenvalue weighted by molar-refractivity contribution is 6.36. The molecule has 1 aliphatic heterocycles. The number of hydrogen-bond donors (Lipinski definition) is 2. The minimum Gasteiger partial charge on any atom is -0.506 e. The molecule has 6 heteroatoms. The number of rotatable bonds is 2. The third kappa shape index (κ3) is 2.95. The van der Waals surface area contributed by atoms with Gasteiger partial charge >= 0.3 is 0 Å². The summed E-state index contributed by atoms with van der Waals surface area (Å²) in [6.45, 7) is 0. The Morgan fingerprint density at radius 3 is 2.48 bits per heavy atom. The van der Waals surface area contributed by atoms with Gasteiger partial charge in [-0.2, -0.15) is 5.10 Å². The van der Waals surface area contributed by atoms with Crippen LogP contribution in [0.1, 0.15) is 23.6 Å². The van der Waals surface area contributed by atoms with Gasteiger partial charge in [-0.15, -0.1) is 0 Å². The van der Waals surface area contributed by atoms with Crippen LogP contribution in [0.4, 0.5) is 0 Å². The standard InChI is InChI=1S/C15H11Cl3N2O/c16-9-3-1-8(2-4-9)13-7-14(20-19-13)11-5-10(17)6-12(18)15(11)21/h1-6,13,19,21H,7H2. The molecule has 3 rings (SSSR count). The van der Waals surface area contributed by atoms with Crippen molar-refractivity contribution in [3.8, 4) is 5.75 Å². The molecule has 2 aromatic rings. The smallest absolute Gasteiger partial charge is 0.143 e. The Morgan fingerprint density at radius 1 is 1.05 bits per heavy atom. The lowest BCUT2D eigenvalue weighted by Gasteiger charge is -2.10. The third-order valence-corrected chi connectivity index (χ3v) is 4.12. The zero-order chi connectivity index (χ0) is 15.0. The zero-order valence-corrected chi connectivity index (χ0v) is 13.0. The summed E-state index contributed by atoms with van der Waals surface area (Å²) in [7, 11) is 0. The number of halogens is 3. The number of benzene rings is 2. The molecule has 1 unspecified atom stereocenters. The van der Waals surface area contributed by atoms with Crippen molar-refractivity contribution in [1.29, 1.82) is 0 Å². The zero-order valence-electron chi connectivity index (χ0n) is 10.8. The first-order valence-electron chi connectivity index (χ1n) is 6.30. The third-order valence-electron chi connectivity index (χ3n) is 3.36. The summed E-state index contributed by atoms with van der Waals surface area (Å²) in [5.41, 5.74) is 5.40. The predicted octanol–water partition coefficient (Wildman–Crippen LogP) is 4.79. The quantitative estimate of drug-likeness (QED) is 0.824. The Bertz CT molecular complexity index is 714. The van der Waals surface area contributed by atoms with Gasteiger partial charge in [0.25, 0.3) is 0 Å². The van der Waals surface area contributed by atoms with E-state index in [2.05, 4.69) is 10.5 Å². The van der Waals surface area contributed by atoms with Crippen molar-refractivity contribution in [1.82, 2.24) is 5.43 Å². The molecule has 0 saturated heterocycles. The van der Waals surface area contributed by atoms with Crippen molar-refractivity contribution >= 4 is 40.5 Å². The highest BCUT2D eigenvalue weighted by atomic mass is 35.5. The monoisotopic (exact) mass is 340 g/mol.